The fourth-order valence-electron chi connectivity index (χ4n) is 3.00. The number of hydrogen-bond donors (Lipinski definition) is 2. The number of benzene rings is 2. The molecule has 2 aliphatic rings. The molecule has 4 nitrogen and oxygen atoms in total. The number of hydrogen-bond acceptors (Lipinski definition) is 4. The van der Waals surface area contributed by atoms with Gasteiger partial charge in [0.25, 0.3) is 0 Å². The Morgan fingerprint density at radius 3 is 1.67 bits per heavy atom. The van der Waals surface area contributed by atoms with Crippen molar-refractivity contribution in [2.75, 3.05) is 0 Å². The second kappa shape index (κ2) is 11.0. The largest absolute Gasteiger partial charge is 0.454 e. The highest BCUT2D eigenvalue weighted by Crippen LogP contribution is 2.42. The Hall–Kier alpha value is -1.76. The van der Waals surface area contributed by atoms with Gasteiger partial charge < -0.3 is 10.0 Å². The van der Waals surface area contributed by atoms with E-state index in [9.17, 15) is 9.59 Å². The van der Waals surface area contributed by atoms with Crippen LogP contribution in [0.15, 0.2) is 28.7 Å². The van der Waals surface area contributed by atoms with E-state index in [-0.39, 0.29) is 5.82 Å². The van der Waals surface area contributed by atoms with Gasteiger partial charge in [0.15, 0.2) is 6.29 Å². The maximum atomic E-state index is 10.8. The van der Waals surface area contributed by atoms with E-state index in [1.165, 1.54) is 35.1 Å². The van der Waals surface area contributed by atoms with Gasteiger partial charge in [-0.1, -0.05) is 34.8 Å². The summed E-state index contributed by atoms with van der Waals surface area (Å²) in [4.78, 5) is 21.3. The number of carbonyl (C=O) groups is 2. The van der Waals surface area contributed by atoms with Gasteiger partial charge in [-0.25, -0.2) is 0 Å². The Labute approximate surface area is 188 Å². The lowest BCUT2D eigenvalue weighted by molar-refractivity contribution is 0.111. The summed E-state index contributed by atoms with van der Waals surface area (Å²) in [6.45, 7) is 8.18. The molecule has 2 aliphatic carbocycles. The monoisotopic (exact) mass is 472 g/mol. The Kier molecular flexibility index (Phi) is 9.01. The highest BCUT2D eigenvalue weighted by molar-refractivity contribution is 9.10. The van der Waals surface area contributed by atoms with Crippen LogP contribution < -0.4 is 0 Å². The van der Waals surface area contributed by atoms with Crippen LogP contribution >= 0.6 is 15.9 Å². The molecule has 0 amide bonds. The lowest BCUT2D eigenvalue weighted by Crippen LogP contribution is -2.09. The number of aryl methyl sites for hydroxylation is 4. The van der Waals surface area contributed by atoms with Crippen LogP contribution in [-0.2, 0) is 0 Å². The number of aldehydes is 2. The smallest absolute Gasteiger partial charge is 0.427 e. The second-order valence-corrected chi connectivity index (χ2v) is 9.14. The SMILES string of the molecule is Cc1cc(Br)c(C=O)cc1C.Cc1cc(C=O)c(C2CC2)cc1C.OB(O)C1CC1. The van der Waals surface area contributed by atoms with Crippen LogP contribution in [0.3, 0.4) is 0 Å². The topological polar surface area (TPSA) is 74.6 Å². The van der Waals surface area contributed by atoms with Crippen LogP contribution in [0.5, 0.6) is 0 Å². The second-order valence-electron chi connectivity index (χ2n) is 8.28. The quantitative estimate of drug-likeness (QED) is 0.455. The van der Waals surface area contributed by atoms with Crippen molar-refractivity contribution in [2.45, 2.75) is 65.1 Å². The zero-order chi connectivity index (χ0) is 22.4. The van der Waals surface area contributed by atoms with Gasteiger partial charge in [-0.15, -0.1) is 0 Å². The van der Waals surface area contributed by atoms with Crippen LogP contribution in [0.1, 0.15) is 80.1 Å². The zero-order valence-electron chi connectivity index (χ0n) is 18.1. The first-order valence-electron chi connectivity index (χ1n) is 10.3. The molecule has 0 aromatic heterocycles. The summed E-state index contributed by atoms with van der Waals surface area (Å²) in [6.07, 6.45) is 6.35. The molecule has 4 rings (SSSR count). The number of rotatable bonds is 4. The highest BCUT2D eigenvalue weighted by atomic mass is 79.9. The molecule has 0 heterocycles. The van der Waals surface area contributed by atoms with E-state index in [0.29, 0.717) is 11.5 Å². The molecule has 2 aromatic carbocycles. The molecule has 6 heteroatoms. The normalized spacial score (nSPS) is 14.6. The van der Waals surface area contributed by atoms with Crippen molar-refractivity contribution in [3.8, 4) is 0 Å². The molecule has 0 spiro atoms. The van der Waals surface area contributed by atoms with E-state index in [1.54, 1.807) is 0 Å². The van der Waals surface area contributed by atoms with Gasteiger partial charge in [-0.2, -0.15) is 0 Å². The molecule has 0 unspecified atom stereocenters. The summed E-state index contributed by atoms with van der Waals surface area (Å²) in [5.74, 6) is 0.879. The fourth-order valence-corrected chi connectivity index (χ4v) is 3.55. The number of carbonyl (C=O) groups excluding carboxylic acids is 2. The summed E-state index contributed by atoms with van der Waals surface area (Å²) in [7, 11) is -1.04. The molecule has 0 saturated heterocycles. The van der Waals surface area contributed by atoms with E-state index >= 15 is 0 Å². The van der Waals surface area contributed by atoms with Gasteiger partial charge in [0.2, 0.25) is 0 Å². The average molecular weight is 473 g/mol. The minimum atomic E-state index is -1.04. The Morgan fingerprint density at radius 2 is 1.27 bits per heavy atom. The summed E-state index contributed by atoms with van der Waals surface area (Å²) < 4.78 is 0.871. The minimum absolute atomic E-state index is 0.213. The lowest BCUT2D eigenvalue weighted by atomic mass is 9.84. The third-order valence-corrected chi connectivity index (χ3v) is 6.31. The Morgan fingerprint density at radius 1 is 0.800 bits per heavy atom. The summed E-state index contributed by atoms with van der Waals surface area (Å²) in [5, 5.41) is 16.5. The van der Waals surface area contributed by atoms with Crippen molar-refractivity contribution in [3.63, 3.8) is 0 Å². The number of halogens is 1. The molecular formula is C24H30BBrO4. The zero-order valence-corrected chi connectivity index (χ0v) is 19.7. The molecule has 2 N–H and O–H groups in total. The van der Waals surface area contributed by atoms with Gasteiger partial charge in [-0.3, -0.25) is 9.59 Å². The van der Waals surface area contributed by atoms with Gasteiger partial charge >= 0.3 is 7.12 Å². The van der Waals surface area contributed by atoms with Crippen LogP contribution in [-0.4, -0.2) is 29.7 Å². The first-order chi connectivity index (χ1) is 14.2. The average Bonchev–Trinajstić information content (AvgIpc) is 3.58. The van der Waals surface area contributed by atoms with Crippen LogP contribution in [0.2, 0.25) is 5.82 Å². The molecule has 2 aromatic rings. The van der Waals surface area contributed by atoms with Gasteiger partial charge in [0.1, 0.15) is 6.29 Å². The van der Waals surface area contributed by atoms with Crippen molar-refractivity contribution in [1.82, 2.24) is 0 Å². The molecule has 160 valence electrons. The fraction of sp³-hybridized carbons (Fsp3) is 0.417. The maximum Gasteiger partial charge on any atom is 0.454 e. The van der Waals surface area contributed by atoms with Gasteiger partial charge in [-0.05, 0) is 98.3 Å². The van der Waals surface area contributed by atoms with Crippen molar-refractivity contribution in [2.24, 2.45) is 0 Å². The van der Waals surface area contributed by atoms with E-state index in [1.807, 2.05) is 32.0 Å². The van der Waals surface area contributed by atoms with Gasteiger partial charge in [0.05, 0.1) is 0 Å². The molecular weight excluding hydrogens is 443 g/mol. The van der Waals surface area contributed by atoms with E-state index in [0.717, 1.165) is 41.0 Å². The molecule has 0 bridgehead atoms. The Bertz CT molecular complexity index is 903. The molecule has 2 saturated carbocycles. The van der Waals surface area contributed by atoms with Gasteiger partial charge in [0, 0.05) is 15.6 Å². The highest BCUT2D eigenvalue weighted by Gasteiger charge is 2.33. The standard InChI is InChI=1S/C12H14O.C9H9BrO.C3H7BO2/c1-8-5-11(7-13)12(6-9(8)2)10-3-4-10;1-6-3-8(5-11)9(10)4-7(6)2;5-4(6)3-1-2-3/h5-7,10H,3-4H2,1-2H3;3-5H,1-2H3;3,5-6H,1-2H2. The van der Waals surface area contributed by atoms with E-state index in [2.05, 4.69) is 35.8 Å². The van der Waals surface area contributed by atoms with Crippen molar-refractivity contribution in [1.29, 1.82) is 0 Å². The first-order valence-corrected chi connectivity index (χ1v) is 11.1. The van der Waals surface area contributed by atoms with Crippen molar-refractivity contribution >= 4 is 35.6 Å². The maximum absolute atomic E-state index is 10.8. The summed E-state index contributed by atoms with van der Waals surface area (Å²) in [6, 6.07) is 8.03. The van der Waals surface area contributed by atoms with Crippen LogP contribution in [0, 0.1) is 27.7 Å². The van der Waals surface area contributed by atoms with Crippen molar-refractivity contribution in [3.05, 3.63) is 67.7 Å². The first kappa shape index (κ1) is 24.5. The lowest BCUT2D eigenvalue weighted by Gasteiger charge is -2.07. The summed E-state index contributed by atoms with van der Waals surface area (Å²) >= 11 is 3.31. The molecule has 30 heavy (non-hydrogen) atoms. The minimum Gasteiger partial charge on any atom is -0.427 e. The molecule has 0 atom stereocenters. The van der Waals surface area contributed by atoms with Crippen molar-refractivity contribution < 1.29 is 19.6 Å². The Balaban J connectivity index is 0.000000171. The van der Waals surface area contributed by atoms with E-state index in [4.69, 9.17) is 10.0 Å². The van der Waals surface area contributed by atoms with E-state index < -0.39 is 7.12 Å². The molecule has 0 radical (unpaired) electrons. The predicted molar refractivity (Wildman–Crippen MR) is 125 cm³/mol. The molecule has 2 fully saturated rings. The third-order valence-electron chi connectivity index (χ3n) is 5.63. The van der Waals surface area contributed by atoms with Crippen LogP contribution in [0.25, 0.3) is 0 Å². The van der Waals surface area contributed by atoms with Crippen LogP contribution in [0.4, 0.5) is 0 Å². The predicted octanol–water partition coefficient (Wildman–Crippen LogP) is 5.49. The summed E-state index contributed by atoms with van der Waals surface area (Å²) in [5.41, 5.74) is 7.73. The molecule has 0 aliphatic heterocycles. The third kappa shape index (κ3) is 7.19.